The molecule has 0 aliphatic heterocycles. The third-order valence-electron chi connectivity index (χ3n) is 8.70. The smallest absolute Gasteiger partial charge is 0.139 e. The molecule has 0 aromatic heterocycles. The van der Waals surface area contributed by atoms with Crippen molar-refractivity contribution >= 4 is 5.78 Å². The SMILES string of the molecule is CC1(C)CCC(=O)[C@]2(C)[C@@H]1CC[C@@]13CC[C@@](C)(CC[C@H]12)C3. The van der Waals surface area contributed by atoms with E-state index in [1.165, 1.54) is 44.9 Å². The first-order valence-electron chi connectivity index (χ1n) is 9.25. The zero-order valence-electron chi connectivity index (χ0n) is 14.4. The Morgan fingerprint density at radius 1 is 0.857 bits per heavy atom. The summed E-state index contributed by atoms with van der Waals surface area (Å²) < 4.78 is 0. The molecule has 0 aromatic rings. The van der Waals surface area contributed by atoms with Crippen molar-refractivity contribution in [3.63, 3.8) is 0 Å². The average Bonchev–Trinajstić information content (AvgIpc) is 2.65. The van der Waals surface area contributed by atoms with Gasteiger partial charge in [-0.05, 0) is 79.4 Å². The summed E-state index contributed by atoms with van der Waals surface area (Å²) >= 11 is 0. The van der Waals surface area contributed by atoms with Crippen molar-refractivity contribution in [2.45, 2.75) is 85.5 Å². The van der Waals surface area contributed by atoms with Crippen molar-refractivity contribution in [1.82, 2.24) is 0 Å². The molecule has 1 spiro atoms. The van der Waals surface area contributed by atoms with Gasteiger partial charge in [-0.15, -0.1) is 0 Å². The molecule has 0 amide bonds. The molecular formula is C20H32O. The highest BCUT2D eigenvalue weighted by atomic mass is 16.1. The first-order chi connectivity index (χ1) is 9.72. The van der Waals surface area contributed by atoms with Gasteiger partial charge in [0, 0.05) is 11.8 Å². The summed E-state index contributed by atoms with van der Waals surface area (Å²) in [7, 11) is 0. The number of carbonyl (C=O) groups excluding carboxylic acids is 1. The number of hydrogen-bond donors (Lipinski definition) is 0. The molecule has 2 bridgehead atoms. The summed E-state index contributed by atoms with van der Waals surface area (Å²) in [6.45, 7) is 9.76. The average molecular weight is 288 g/mol. The molecule has 4 rings (SSSR count). The van der Waals surface area contributed by atoms with Crippen LogP contribution in [0, 0.1) is 33.5 Å². The molecular weight excluding hydrogens is 256 g/mol. The van der Waals surface area contributed by atoms with Gasteiger partial charge in [0.05, 0.1) is 0 Å². The molecule has 0 heterocycles. The number of ketones is 1. The third-order valence-corrected chi connectivity index (χ3v) is 8.70. The minimum atomic E-state index is -0.00826. The predicted molar refractivity (Wildman–Crippen MR) is 86.0 cm³/mol. The monoisotopic (exact) mass is 288 g/mol. The van der Waals surface area contributed by atoms with Gasteiger partial charge in [-0.2, -0.15) is 0 Å². The molecule has 4 saturated carbocycles. The number of carbonyl (C=O) groups is 1. The molecule has 21 heavy (non-hydrogen) atoms. The lowest BCUT2D eigenvalue weighted by Crippen LogP contribution is -2.60. The summed E-state index contributed by atoms with van der Waals surface area (Å²) in [5, 5.41) is 0. The maximum absolute atomic E-state index is 13.0. The highest BCUT2D eigenvalue weighted by Gasteiger charge is 2.66. The number of hydrogen-bond acceptors (Lipinski definition) is 1. The second-order valence-corrected chi connectivity index (χ2v) is 10.2. The van der Waals surface area contributed by atoms with Gasteiger partial charge in [0.2, 0.25) is 0 Å². The Balaban J connectivity index is 1.78. The minimum absolute atomic E-state index is 0.00826. The van der Waals surface area contributed by atoms with Crippen LogP contribution < -0.4 is 0 Å². The summed E-state index contributed by atoms with van der Waals surface area (Å²) in [6, 6.07) is 0. The zero-order valence-corrected chi connectivity index (χ0v) is 14.4. The summed E-state index contributed by atoms with van der Waals surface area (Å²) in [5.74, 6) is 1.93. The van der Waals surface area contributed by atoms with Crippen LogP contribution in [-0.4, -0.2) is 5.78 Å². The van der Waals surface area contributed by atoms with Crippen LogP contribution in [0.1, 0.15) is 85.5 Å². The van der Waals surface area contributed by atoms with E-state index in [0.717, 1.165) is 12.8 Å². The molecule has 0 N–H and O–H groups in total. The van der Waals surface area contributed by atoms with Gasteiger partial charge >= 0.3 is 0 Å². The van der Waals surface area contributed by atoms with E-state index in [0.29, 0.717) is 33.9 Å². The Morgan fingerprint density at radius 3 is 2.33 bits per heavy atom. The van der Waals surface area contributed by atoms with Crippen LogP contribution in [0.5, 0.6) is 0 Å². The molecule has 1 nitrogen and oxygen atoms in total. The zero-order chi connectivity index (χ0) is 15.1. The third kappa shape index (κ3) is 1.67. The lowest BCUT2D eigenvalue weighted by atomic mass is 9.40. The van der Waals surface area contributed by atoms with Gasteiger partial charge < -0.3 is 0 Å². The van der Waals surface area contributed by atoms with Crippen LogP contribution in [0.3, 0.4) is 0 Å². The van der Waals surface area contributed by atoms with Crippen molar-refractivity contribution in [3.05, 3.63) is 0 Å². The molecule has 118 valence electrons. The van der Waals surface area contributed by atoms with Crippen LogP contribution in [0.25, 0.3) is 0 Å². The van der Waals surface area contributed by atoms with Crippen molar-refractivity contribution in [3.8, 4) is 0 Å². The van der Waals surface area contributed by atoms with Crippen LogP contribution >= 0.6 is 0 Å². The quantitative estimate of drug-likeness (QED) is 0.585. The maximum Gasteiger partial charge on any atom is 0.139 e. The molecule has 4 fully saturated rings. The molecule has 4 aliphatic carbocycles. The van der Waals surface area contributed by atoms with E-state index in [9.17, 15) is 4.79 Å². The molecule has 0 radical (unpaired) electrons. The van der Waals surface area contributed by atoms with Gasteiger partial charge in [0.1, 0.15) is 5.78 Å². The fourth-order valence-corrected chi connectivity index (χ4v) is 7.66. The van der Waals surface area contributed by atoms with E-state index < -0.39 is 0 Å². The van der Waals surface area contributed by atoms with Crippen LogP contribution in [-0.2, 0) is 4.79 Å². The number of fused-ring (bicyclic) bond motifs is 3. The van der Waals surface area contributed by atoms with E-state index in [-0.39, 0.29) is 5.41 Å². The summed E-state index contributed by atoms with van der Waals surface area (Å²) in [4.78, 5) is 13.0. The van der Waals surface area contributed by atoms with E-state index in [2.05, 4.69) is 27.7 Å². The lowest BCUT2D eigenvalue weighted by molar-refractivity contribution is -0.172. The van der Waals surface area contributed by atoms with Gasteiger partial charge in [-0.25, -0.2) is 0 Å². The molecule has 0 aromatic carbocycles. The van der Waals surface area contributed by atoms with E-state index in [1.807, 2.05) is 0 Å². The maximum atomic E-state index is 13.0. The summed E-state index contributed by atoms with van der Waals surface area (Å²) in [5.41, 5.74) is 1.49. The highest BCUT2D eigenvalue weighted by molar-refractivity contribution is 5.86. The Bertz CT molecular complexity index is 492. The van der Waals surface area contributed by atoms with E-state index in [1.54, 1.807) is 0 Å². The normalized spacial score (nSPS) is 55.0. The predicted octanol–water partition coefficient (Wildman–Crippen LogP) is 5.38. The second-order valence-electron chi connectivity index (χ2n) is 10.2. The standard InChI is InChI=1S/C20H32O/c1-17(2)8-7-16(21)19(4)14(17)6-10-20-12-11-18(3,13-20)9-5-15(19)20/h14-15H,5-13H2,1-4H3/t14-,15+,18-,19-,20+/m1/s1. The van der Waals surface area contributed by atoms with Gasteiger partial charge in [0.15, 0.2) is 0 Å². The van der Waals surface area contributed by atoms with Gasteiger partial charge in [0.25, 0.3) is 0 Å². The Hall–Kier alpha value is -0.330. The second kappa shape index (κ2) is 3.95. The first-order valence-corrected chi connectivity index (χ1v) is 9.25. The van der Waals surface area contributed by atoms with Crippen LogP contribution in [0.4, 0.5) is 0 Å². The fraction of sp³-hybridized carbons (Fsp3) is 0.950. The minimum Gasteiger partial charge on any atom is -0.299 e. The van der Waals surface area contributed by atoms with Crippen LogP contribution in [0.2, 0.25) is 0 Å². The van der Waals surface area contributed by atoms with Gasteiger partial charge in [-0.3, -0.25) is 4.79 Å². The van der Waals surface area contributed by atoms with E-state index >= 15 is 0 Å². The van der Waals surface area contributed by atoms with Crippen molar-refractivity contribution in [1.29, 1.82) is 0 Å². The van der Waals surface area contributed by atoms with Crippen molar-refractivity contribution in [2.24, 2.45) is 33.5 Å². The van der Waals surface area contributed by atoms with E-state index in [4.69, 9.17) is 0 Å². The molecule has 0 unspecified atom stereocenters. The highest BCUT2D eigenvalue weighted by Crippen LogP contribution is 2.72. The molecule has 4 aliphatic rings. The summed E-state index contributed by atoms with van der Waals surface area (Å²) in [6.07, 6.45) is 11.6. The lowest BCUT2D eigenvalue weighted by Gasteiger charge is -2.63. The molecule has 5 atom stereocenters. The Kier molecular flexibility index (Phi) is 2.68. The van der Waals surface area contributed by atoms with Crippen molar-refractivity contribution < 1.29 is 4.79 Å². The van der Waals surface area contributed by atoms with Crippen molar-refractivity contribution in [2.75, 3.05) is 0 Å². The Morgan fingerprint density at radius 2 is 1.57 bits per heavy atom. The molecule has 1 heteroatoms. The number of Topliss-reactive ketones (excluding diaryl/α,β-unsaturated/α-hetero) is 1. The number of rotatable bonds is 0. The first kappa shape index (κ1) is 14.3. The topological polar surface area (TPSA) is 17.1 Å². The molecule has 0 saturated heterocycles. The fourth-order valence-electron chi connectivity index (χ4n) is 7.66. The van der Waals surface area contributed by atoms with Gasteiger partial charge in [-0.1, -0.05) is 27.7 Å². The Labute approximate surface area is 130 Å². The van der Waals surface area contributed by atoms with Crippen LogP contribution in [0.15, 0.2) is 0 Å². The largest absolute Gasteiger partial charge is 0.299 e.